The lowest BCUT2D eigenvalue weighted by molar-refractivity contribution is 0.0950. The number of nitrogens with zero attached hydrogens (tertiary/aromatic N) is 1. The molecule has 3 aromatic rings. The van der Waals surface area contributed by atoms with Gasteiger partial charge in [-0.1, -0.05) is 30.4 Å². The first-order valence-corrected chi connectivity index (χ1v) is 9.33. The van der Waals surface area contributed by atoms with E-state index in [1.165, 1.54) is 0 Å². The first kappa shape index (κ1) is 19.5. The van der Waals surface area contributed by atoms with Crippen LogP contribution in [0.25, 0.3) is 10.9 Å². The molecule has 4 nitrogen and oxygen atoms in total. The Bertz CT molecular complexity index is 985. The van der Waals surface area contributed by atoms with E-state index in [1.54, 1.807) is 42.6 Å². The van der Waals surface area contributed by atoms with Crippen molar-refractivity contribution in [1.29, 1.82) is 0 Å². The normalized spacial score (nSPS) is 11.1. The van der Waals surface area contributed by atoms with Gasteiger partial charge in [-0.2, -0.15) is 0 Å². The number of ether oxygens (including phenoxy) is 1. The molecule has 0 bridgehead atoms. The van der Waals surface area contributed by atoms with Gasteiger partial charge in [0.15, 0.2) is 11.6 Å². The second-order valence-corrected chi connectivity index (χ2v) is 6.38. The van der Waals surface area contributed by atoms with E-state index in [1.807, 2.05) is 25.1 Å². The molecule has 144 valence electrons. The van der Waals surface area contributed by atoms with Gasteiger partial charge >= 0.3 is 0 Å². The third kappa shape index (κ3) is 4.94. The molecule has 1 heterocycles. The third-order valence-corrected chi connectivity index (χ3v) is 4.36. The summed E-state index contributed by atoms with van der Waals surface area (Å²) in [5.74, 6) is -0.483. The Hall–Kier alpha value is -3.21. The molecule has 0 aliphatic rings. The van der Waals surface area contributed by atoms with Crippen LogP contribution in [-0.2, 0) is 6.54 Å². The molecule has 0 aliphatic heterocycles. The minimum Gasteiger partial charge on any atom is -0.490 e. The summed E-state index contributed by atoms with van der Waals surface area (Å²) >= 11 is 0. The van der Waals surface area contributed by atoms with Crippen LogP contribution in [-0.4, -0.2) is 17.5 Å². The van der Waals surface area contributed by atoms with E-state index in [0.717, 1.165) is 23.7 Å². The highest BCUT2D eigenvalue weighted by Crippen LogP contribution is 2.21. The summed E-state index contributed by atoms with van der Waals surface area (Å²) in [7, 11) is 0. The molecule has 28 heavy (non-hydrogen) atoms. The smallest absolute Gasteiger partial charge is 0.251 e. The van der Waals surface area contributed by atoms with Gasteiger partial charge in [0.1, 0.15) is 0 Å². The highest BCUT2D eigenvalue weighted by molar-refractivity contribution is 5.97. The molecule has 0 saturated heterocycles. The fourth-order valence-corrected chi connectivity index (χ4v) is 2.85. The zero-order valence-electron chi connectivity index (χ0n) is 15.8. The highest BCUT2D eigenvalue weighted by atomic mass is 19.1. The number of benzene rings is 2. The average Bonchev–Trinajstić information content (AvgIpc) is 2.73. The van der Waals surface area contributed by atoms with Gasteiger partial charge in [0.25, 0.3) is 5.91 Å². The monoisotopic (exact) mass is 378 g/mol. The standard InChI is InChI=1S/C23H23FN2O2/c1-2-3-4-5-14-28-21-10-6-8-19(22(21)24)16-26-23(27)18-11-12-20-17(15-18)9-7-13-25-20/h2-3,6-13,15H,4-5,14,16H2,1H3,(H,26,27). The van der Waals surface area contributed by atoms with E-state index in [4.69, 9.17) is 4.74 Å². The Morgan fingerprint density at radius 3 is 2.96 bits per heavy atom. The number of fused-ring (bicyclic) bond motifs is 1. The average molecular weight is 378 g/mol. The molecule has 5 heteroatoms. The molecule has 1 aromatic heterocycles. The molecule has 0 unspecified atom stereocenters. The van der Waals surface area contributed by atoms with Gasteiger partial charge in [0.05, 0.1) is 12.1 Å². The number of carbonyl (C=O) groups excluding carboxylic acids is 1. The van der Waals surface area contributed by atoms with Gasteiger partial charge < -0.3 is 10.1 Å². The Labute approximate surface area is 164 Å². The van der Waals surface area contributed by atoms with Crippen LogP contribution in [0.1, 0.15) is 35.7 Å². The van der Waals surface area contributed by atoms with Crippen molar-refractivity contribution in [3.63, 3.8) is 0 Å². The molecule has 1 N–H and O–H groups in total. The summed E-state index contributed by atoms with van der Waals surface area (Å²) in [5, 5.41) is 3.65. The highest BCUT2D eigenvalue weighted by Gasteiger charge is 2.12. The molecule has 1 amide bonds. The number of unbranched alkanes of at least 4 members (excludes halogenated alkanes) is 1. The number of halogens is 1. The van der Waals surface area contributed by atoms with Crippen LogP contribution >= 0.6 is 0 Å². The van der Waals surface area contributed by atoms with Crippen molar-refractivity contribution >= 4 is 16.8 Å². The van der Waals surface area contributed by atoms with E-state index in [9.17, 15) is 9.18 Å². The van der Waals surface area contributed by atoms with Crippen LogP contribution in [0.4, 0.5) is 4.39 Å². The molecule has 0 saturated carbocycles. The fraction of sp³-hybridized carbons (Fsp3) is 0.217. The van der Waals surface area contributed by atoms with E-state index >= 15 is 0 Å². The first-order chi connectivity index (χ1) is 13.7. The van der Waals surface area contributed by atoms with Crippen LogP contribution in [0.5, 0.6) is 5.75 Å². The Kier molecular flexibility index (Phi) is 6.73. The summed E-state index contributed by atoms with van der Waals surface area (Å²) in [6.07, 6.45) is 7.46. The van der Waals surface area contributed by atoms with E-state index in [-0.39, 0.29) is 18.2 Å². The number of rotatable bonds is 8. The van der Waals surface area contributed by atoms with Crippen LogP contribution in [0.2, 0.25) is 0 Å². The second-order valence-electron chi connectivity index (χ2n) is 6.38. The van der Waals surface area contributed by atoms with Crippen LogP contribution in [0, 0.1) is 5.82 Å². The summed E-state index contributed by atoms with van der Waals surface area (Å²) in [6.45, 7) is 2.50. The van der Waals surface area contributed by atoms with E-state index in [2.05, 4.69) is 16.4 Å². The maximum absolute atomic E-state index is 14.6. The van der Waals surface area contributed by atoms with E-state index < -0.39 is 5.82 Å². The molecule has 0 atom stereocenters. The molecular formula is C23H23FN2O2. The predicted molar refractivity (Wildman–Crippen MR) is 109 cm³/mol. The molecular weight excluding hydrogens is 355 g/mol. The van der Waals surface area contributed by atoms with Crippen LogP contribution in [0.3, 0.4) is 0 Å². The van der Waals surface area contributed by atoms with Crippen molar-refractivity contribution in [3.05, 3.63) is 83.8 Å². The lowest BCUT2D eigenvalue weighted by Crippen LogP contribution is -2.23. The quantitative estimate of drug-likeness (QED) is 0.441. The van der Waals surface area contributed by atoms with Crippen LogP contribution < -0.4 is 10.1 Å². The Morgan fingerprint density at radius 1 is 1.21 bits per heavy atom. The maximum atomic E-state index is 14.6. The third-order valence-electron chi connectivity index (χ3n) is 4.36. The van der Waals surface area contributed by atoms with Gasteiger partial charge in [-0.25, -0.2) is 4.39 Å². The number of carbonyl (C=O) groups is 1. The minimum absolute atomic E-state index is 0.0888. The molecule has 2 aromatic carbocycles. The fourth-order valence-electron chi connectivity index (χ4n) is 2.85. The first-order valence-electron chi connectivity index (χ1n) is 9.33. The number of pyridine rings is 1. The molecule has 0 fully saturated rings. The van der Waals surface area contributed by atoms with Crippen molar-refractivity contribution < 1.29 is 13.9 Å². The number of aromatic nitrogens is 1. The molecule has 0 aliphatic carbocycles. The van der Waals surface area contributed by atoms with Gasteiger partial charge in [-0.3, -0.25) is 9.78 Å². The number of amides is 1. The number of nitrogens with one attached hydrogen (secondary N) is 1. The summed E-state index contributed by atoms with van der Waals surface area (Å²) in [6, 6.07) is 14.0. The largest absolute Gasteiger partial charge is 0.490 e. The SMILES string of the molecule is CC=CCCCOc1cccc(CNC(=O)c2ccc3ncccc3c2)c1F. The number of allylic oxidation sites excluding steroid dienone is 2. The van der Waals surface area contributed by atoms with Crippen molar-refractivity contribution in [2.75, 3.05) is 6.61 Å². The lowest BCUT2D eigenvalue weighted by Gasteiger charge is -2.11. The summed E-state index contributed by atoms with van der Waals surface area (Å²) in [4.78, 5) is 16.7. The van der Waals surface area contributed by atoms with Crippen molar-refractivity contribution in [1.82, 2.24) is 10.3 Å². The Morgan fingerprint density at radius 2 is 2.11 bits per heavy atom. The lowest BCUT2D eigenvalue weighted by atomic mass is 10.1. The van der Waals surface area contributed by atoms with Crippen molar-refractivity contribution in [2.24, 2.45) is 0 Å². The summed E-state index contributed by atoms with van der Waals surface area (Å²) in [5.41, 5.74) is 1.73. The summed E-state index contributed by atoms with van der Waals surface area (Å²) < 4.78 is 20.1. The zero-order valence-corrected chi connectivity index (χ0v) is 15.8. The number of hydrogen-bond acceptors (Lipinski definition) is 3. The predicted octanol–water partition coefficient (Wildman–Crippen LogP) is 5.04. The van der Waals surface area contributed by atoms with Gasteiger partial charge in [0.2, 0.25) is 0 Å². The molecule has 0 radical (unpaired) electrons. The zero-order chi connectivity index (χ0) is 19.8. The molecule has 0 spiro atoms. The maximum Gasteiger partial charge on any atom is 0.251 e. The van der Waals surface area contributed by atoms with Gasteiger partial charge in [-0.15, -0.1) is 0 Å². The minimum atomic E-state index is -0.434. The second kappa shape index (κ2) is 9.65. The number of hydrogen-bond donors (Lipinski definition) is 1. The van der Waals surface area contributed by atoms with Gasteiger partial charge in [-0.05, 0) is 50.1 Å². The van der Waals surface area contributed by atoms with E-state index in [0.29, 0.717) is 17.7 Å². The van der Waals surface area contributed by atoms with Crippen molar-refractivity contribution in [3.8, 4) is 5.75 Å². The Balaban J connectivity index is 1.61. The van der Waals surface area contributed by atoms with Crippen molar-refractivity contribution in [2.45, 2.75) is 26.3 Å². The topological polar surface area (TPSA) is 51.2 Å². The van der Waals surface area contributed by atoms with Gasteiger partial charge in [0, 0.05) is 29.3 Å². The van der Waals surface area contributed by atoms with Crippen LogP contribution in [0.15, 0.2) is 66.9 Å². The molecule has 3 rings (SSSR count).